The maximum atomic E-state index is 13.4. The lowest BCUT2D eigenvalue weighted by molar-refractivity contribution is 0.202. The fraction of sp³-hybridized carbons (Fsp3) is 0.185. The lowest BCUT2D eigenvalue weighted by atomic mass is 10.0. The molecule has 0 saturated heterocycles. The summed E-state index contributed by atoms with van der Waals surface area (Å²) in [7, 11) is 0. The highest BCUT2D eigenvalue weighted by atomic mass is 35.5. The van der Waals surface area contributed by atoms with Gasteiger partial charge in [0.25, 0.3) is 5.56 Å². The van der Waals surface area contributed by atoms with Gasteiger partial charge in [0.1, 0.15) is 12.2 Å². The highest BCUT2D eigenvalue weighted by molar-refractivity contribution is 6.31. The molecule has 0 bridgehead atoms. The van der Waals surface area contributed by atoms with Crippen molar-refractivity contribution in [3.05, 3.63) is 94.0 Å². The number of aromatic nitrogens is 7. The van der Waals surface area contributed by atoms with E-state index in [2.05, 4.69) is 25.5 Å². The van der Waals surface area contributed by atoms with E-state index in [1.54, 1.807) is 48.0 Å². The van der Waals surface area contributed by atoms with Gasteiger partial charge in [-0.3, -0.25) is 9.69 Å². The van der Waals surface area contributed by atoms with Crippen molar-refractivity contribution < 1.29 is 9.90 Å². The quantitative estimate of drug-likeness (QED) is 0.321. The van der Waals surface area contributed by atoms with E-state index in [1.807, 2.05) is 24.3 Å². The third-order valence-corrected chi connectivity index (χ3v) is 7.18. The van der Waals surface area contributed by atoms with E-state index >= 15 is 0 Å². The number of hydrogen-bond acceptors (Lipinski definition) is 6. The summed E-state index contributed by atoms with van der Waals surface area (Å²) in [5.41, 5.74) is 5.24. The number of fused-ring (bicyclic) bond motifs is 1. The molecule has 1 unspecified atom stereocenters. The van der Waals surface area contributed by atoms with Gasteiger partial charge in [0, 0.05) is 34.6 Å². The van der Waals surface area contributed by atoms with Gasteiger partial charge >= 0.3 is 6.09 Å². The van der Waals surface area contributed by atoms with Crippen molar-refractivity contribution in [3.8, 4) is 28.1 Å². The third kappa shape index (κ3) is 4.46. The molecule has 1 amide bonds. The van der Waals surface area contributed by atoms with Crippen molar-refractivity contribution >= 4 is 23.4 Å². The van der Waals surface area contributed by atoms with E-state index in [1.165, 1.54) is 15.9 Å². The Bertz CT molecular complexity index is 1730. The molecule has 0 spiro atoms. The Hall–Kier alpha value is -4.77. The highest BCUT2D eigenvalue weighted by Crippen LogP contribution is 2.34. The molecular formula is C27H23ClN8O3. The molecule has 0 saturated carbocycles. The minimum atomic E-state index is -0.996. The van der Waals surface area contributed by atoms with Crippen LogP contribution >= 0.6 is 11.6 Å². The number of aromatic amines is 1. The van der Waals surface area contributed by atoms with Crippen molar-refractivity contribution in [2.24, 2.45) is 0 Å². The second-order valence-electron chi connectivity index (χ2n) is 9.17. The number of pyridine rings is 1. The van der Waals surface area contributed by atoms with Crippen molar-refractivity contribution in [3.63, 3.8) is 0 Å². The number of carbonyl (C=O) groups is 1. The Balaban J connectivity index is 1.31. The molecule has 5 aromatic rings. The topological polar surface area (TPSA) is 135 Å². The number of anilines is 1. The number of H-pyrrole nitrogens is 1. The van der Waals surface area contributed by atoms with Crippen LogP contribution in [0.5, 0.6) is 0 Å². The van der Waals surface area contributed by atoms with Gasteiger partial charge in [-0.15, -0.1) is 5.10 Å². The van der Waals surface area contributed by atoms with Gasteiger partial charge in [-0.05, 0) is 77.7 Å². The fourth-order valence-electron chi connectivity index (χ4n) is 5.12. The number of amides is 1. The van der Waals surface area contributed by atoms with Gasteiger partial charge < -0.3 is 14.7 Å². The number of tetrazole rings is 1. The first-order chi connectivity index (χ1) is 18.9. The summed E-state index contributed by atoms with van der Waals surface area (Å²) in [6.45, 7) is 2.15. The number of halogens is 1. The number of nitrogens with zero attached hydrogens (tertiary/aromatic N) is 7. The molecule has 2 aromatic carbocycles. The molecule has 0 radical (unpaired) electrons. The zero-order chi connectivity index (χ0) is 27.1. The molecule has 2 N–H and O–H groups in total. The van der Waals surface area contributed by atoms with Crippen LogP contribution in [-0.4, -0.2) is 52.5 Å². The predicted octanol–water partition coefficient (Wildman–Crippen LogP) is 4.57. The highest BCUT2D eigenvalue weighted by Gasteiger charge is 2.28. The SMILES string of the molecule is CCN(C(=O)O)c1ccc(-c2cnc(C3CCc4cc(-c5cc(Cl)ccc5-n5cnnn5)cc(=O)n43)[nH]2)cc1. The Kier molecular flexibility index (Phi) is 6.20. The van der Waals surface area contributed by atoms with Crippen LogP contribution in [0.25, 0.3) is 28.1 Å². The molecule has 39 heavy (non-hydrogen) atoms. The summed E-state index contributed by atoms with van der Waals surface area (Å²) < 4.78 is 3.32. The van der Waals surface area contributed by atoms with Crippen LogP contribution in [0.3, 0.4) is 0 Å². The second-order valence-corrected chi connectivity index (χ2v) is 9.61. The van der Waals surface area contributed by atoms with Gasteiger partial charge in [0.05, 0.1) is 23.6 Å². The van der Waals surface area contributed by atoms with Gasteiger partial charge in [-0.1, -0.05) is 23.7 Å². The summed E-state index contributed by atoms with van der Waals surface area (Å²) in [6, 6.07) is 16.0. The molecule has 1 atom stereocenters. The summed E-state index contributed by atoms with van der Waals surface area (Å²) in [6.07, 6.45) is 3.67. The maximum absolute atomic E-state index is 13.4. The normalized spacial score (nSPS) is 14.4. The number of rotatable bonds is 6. The Morgan fingerprint density at radius 2 is 1.97 bits per heavy atom. The van der Waals surface area contributed by atoms with Crippen LogP contribution in [0.4, 0.5) is 10.5 Å². The molecule has 0 aliphatic carbocycles. The van der Waals surface area contributed by atoms with Crippen LogP contribution in [0.2, 0.25) is 5.02 Å². The average Bonchev–Trinajstić information content (AvgIpc) is 3.70. The number of imidazole rings is 1. The Morgan fingerprint density at radius 3 is 2.69 bits per heavy atom. The number of nitrogens with one attached hydrogen (secondary N) is 1. The minimum Gasteiger partial charge on any atom is -0.465 e. The number of benzene rings is 2. The first-order valence-electron chi connectivity index (χ1n) is 12.4. The molecule has 196 valence electrons. The smallest absolute Gasteiger partial charge is 0.411 e. The van der Waals surface area contributed by atoms with E-state index in [0.717, 1.165) is 40.2 Å². The summed E-state index contributed by atoms with van der Waals surface area (Å²) >= 11 is 6.30. The monoisotopic (exact) mass is 542 g/mol. The van der Waals surface area contributed by atoms with Crippen molar-refractivity contribution in [1.82, 2.24) is 34.7 Å². The molecule has 0 fully saturated rings. The summed E-state index contributed by atoms with van der Waals surface area (Å²) in [5, 5.41) is 21.3. The summed E-state index contributed by atoms with van der Waals surface area (Å²) in [4.78, 5) is 34.1. The standard InChI is InChI=1S/C27H23ClN8O3/c1-2-34(27(38)39)19-6-3-16(4-7-19)22-14-29-26(31-22)24-10-8-20-11-17(12-25(37)36(20)24)21-13-18(28)5-9-23(21)35-15-30-32-33-35/h3-7,9,11-15,24H,2,8,10H2,1H3,(H,29,31)(H,38,39). The van der Waals surface area contributed by atoms with Crippen LogP contribution in [0, 0.1) is 0 Å². The minimum absolute atomic E-state index is 0.136. The van der Waals surface area contributed by atoms with Crippen LogP contribution in [0.15, 0.2) is 71.9 Å². The number of carboxylic acid groups (broad SMARTS) is 1. The fourth-order valence-corrected chi connectivity index (χ4v) is 5.29. The zero-order valence-electron chi connectivity index (χ0n) is 20.8. The van der Waals surface area contributed by atoms with Crippen LogP contribution < -0.4 is 10.5 Å². The molecule has 1 aliphatic heterocycles. The number of hydrogen-bond donors (Lipinski definition) is 2. The van der Waals surface area contributed by atoms with Gasteiger partial charge in [0.2, 0.25) is 0 Å². The Morgan fingerprint density at radius 1 is 1.15 bits per heavy atom. The average molecular weight is 543 g/mol. The van der Waals surface area contributed by atoms with E-state index in [0.29, 0.717) is 29.5 Å². The Labute approximate surface area is 227 Å². The molecule has 1 aliphatic rings. The molecule has 3 aromatic heterocycles. The van der Waals surface area contributed by atoms with Gasteiger partial charge in [-0.2, -0.15) is 4.68 Å². The third-order valence-electron chi connectivity index (χ3n) is 6.95. The van der Waals surface area contributed by atoms with Crippen molar-refractivity contribution in [1.29, 1.82) is 0 Å². The zero-order valence-corrected chi connectivity index (χ0v) is 21.6. The predicted molar refractivity (Wildman–Crippen MR) is 145 cm³/mol. The molecule has 12 heteroatoms. The second kappa shape index (κ2) is 9.84. The van der Waals surface area contributed by atoms with E-state index in [4.69, 9.17) is 11.6 Å². The van der Waals surface area contributed by atoms with Crippen LogP contribution in [-0.2, 0) is 6.42 Å². The summed E-state index contributed by atoms with van der Waals surface area (Å²) in [5.74, 6) is 0.695. The maximum Gasteiger partial charge on any atom is 0.411 e. The first-order valence-corrected chi connectivity index (χ1v) is 12.7. The lowest BCUT2D eigenvalue weighted by Gasteiger charge is -2.17. The van der Waals surface area contributed by atoms with Crippen LogP contribution in [0.1, 0.15) is 30.9 Å². The molecule has 11 nitrogen and oxygen atoms in total. The lowest BCUT2D eigenvalue weighted by Crippen LogP contribution is -2.28. The van der Waals surface area contributed by atoms with E-state index < -0.39 is 6.09 Å². The first kappa shape index (κ1) is 24.6. The largest absolute Gasteiger partial charge is 0.465 e. The van der Waals surface area contributed by atoms with Crippen molar-refractivity contribution in [2.45, 2.75) is 25.8 Å². The van der Waals surface area contributed by atoms with E-state index in [9.17, 15) is 14.7 Å². The van der Waals surface area contributed by atoms with Gasteiger partial charge in [-0.25, -0.2) is 9.78 Å². The number of aryl methyl sites for hydroxylation is 1. The molecule has 6 rings (SSSR count). The van der Waals surface area contributed by atoms with Crippen molar-refractivity contribution in [2.75, 3.05) is 11.4 Å². The molecular weight excluding hydrogens is 520 g/mol. The molecule has 4 heterocycles. The van der Waals surface area contributed by atoms with E-state index in [-0.39, 0.29) is 11.6 Å². The van der Waals surface area contributed by atoms with Gasteiger partial charge in [0.15, 0.2) is 0 Å².